The van der Waals surface area contributed by atoms with Crippen molar-refractivity contribution in [3.05, 3.63) is 28.7 Å². The number of hydrogen-bond donors (Lipinski definition) is 1. The summed E-state index contributed by atoms with van der Waals surface area (Å²) in [5.41, 5.74) is 0.764. The van der Waals surface area contributed by atoms with Gasteiger partial charge in [-0.15, -0.1) is 0 Å². The third-order valence-corrected chi connectivity index (χ3v) is 6.85. The number of aromatic nitrogens is 1. The molecule has 0 saturated carbocycles. The number of piperidine rings is 1. The lowest BCUT2D eigenvalue weighted by Gasteiger charge is -2.31. The van der Waals surface area contributed by atoms with Gasteiger partial charge in [-0.25, -0.2) is 13.2 Å². The van der Waals surface area contributed by atoms with Crippen LogP contribution in [0, 0.1) is 5.92 Å². The van der Waals surface area contributed by atoms with Gasteiger partial charge in [-0.05, 0) is 31.4 Å². The topological polar surface area (TPSA) is 102 Å². The number of carbonyl (C=O) groups excluding carboxylic acids is 1. The van der Waals surface area contributed by atoms with Crippen LogP contribution in [0.25, 0.3) is 11.1 Å². The second-order valence-corrected chi connectivity index (χ2v) is 8.84. The maximum atomic E-state index is 13.0. The van der Waals surface area contributed by atoms with Crippen LogP contribution in [-0.4, -0.2) is 42.8 Å². The molecule has 1 fully saturated rings. The van der Waals surface area contributed by atoms with E-state index in [1.54, 1.807) is 13.1 Å². The number of unbranched alkanes of at least 4 members (excludes halogenated alkanes) is 1. The van der Waals surface area contributed by atoms with Gasteiger partial charge in [0.15, 0.2) is 5.58 Å². The van der Waals surface area contributed by atoms with Crippen molar-refractivity contribution in [3.63, 3.8) is 0 Å². The molecule has 1 amide bonds. The van der Waals surface area contributed by atoms with Crippen LogP contribution >= 0.6 is 0 Å². The minimum atomic E-state index is -3.77. The van der Waals surface area contributed by atoms with Gasteiger partial charge in [0.05, 0.1) is 16.3 Å². The third-order valence-electron chi connectivity index (χ3n) is 4.99. The highest BCUT2D eigenvalue weighted by atomic mass is 32.2. The molecule has 2 aromatic rings. The number of aryl methyl sites for hydroxylation is 1. The molecule has 2 heterocycles. The maximum Gasteiger partial charge on any atom is 0.419 e. The Morgan fingerprint density at radius 1 is 1.37 bits per heavy atom. The van der Waals surface area contributed by atoms with Gasteiger partial charge in [-0.3, -0.25) is 9.36 Å². The molecule has 1 atom stereocenters. The van der Waals surface area contributed by atoms with Crippen LogP contribution in [-0.2, 0) is 21.9 Å². The van der Waals surface area contributed by atoms with Gasteiger partial charge in [0, 0.05) is 32.7 Å². The van der Waals surface area contributed by atoms with E-state index in [0.29, 0.717) is 31.4 Å². The zero-order valence-corrected chi connectivity index (χ0v) is 16.4. The Morgan fingerprint density at radius 3 is 2.89 bits per heavy atom. The highest BCUT2D eigenvalue weighted by Crippen LogP contribution is 2.26. The molecule has 1 unspecified atom stereocenters. The molecule has 1 saturated heterocycles. The van der Waals surface area contributed by atoms with Crippen molar-refractivity contribution < 1.29 is 17.6 Å². The van der Waals surface area contributed by atoms with Gasteiger partial charge in [0.2, 0.25) is 15.9 Å². The molecule has 148 valence electrons. The van der Waals surface area contributed by atoms with E-state index in [1.807, 2.05) is 6.92 Å². The van der Waals surface area contributed by atoms with Crippen molar-refractivity contribution >= 4 is 27.0 Å². The molecule has 1 aliphatic heterocycles. The largest absolute Gasteiger partial charge is 0.419 e. The number of oxazole rings is 1. The molecule has 0 radical (unpaired) electrons. The Balaban J connectivity index is 1.79. The Bertz CT molecular complexity index is 992. The van der Waals surface area contributed by atoms with Gasteiger partial charge in [0.25, 0.3) is 0 Å². The lowest BCUT2D eigenvalue weighted by molar-refractivity contribution is -0.126. The fourth-order valence-electron chi connectivity index (χ4n) is 3.33. The van der Waals surface area contributed by atoms with Crippen LogP contribution in [0.2, 0.25) is 0 Å². The fourth-order valence-corrected chi connectivity index (χ4v) is 4.87. The number of sulfonamides is 1. The molecule has 0 bridgehead atoms. The van der Waals surface area contributed by atoms with E-state index in [9.17, 15) is 18.0 Å². The van der Waals surface area contributed by atoms with Crippen molar-refractivity contribution in [2.45, 2.75) is 37.5 Å². The standard InChI is InChI=1S/C18H25N3O5S/c1-3-4-9-19-17(22)13-6-5-10-21(12-13)27(24,25)14-7-8-15-16(11-14)26-18(23)20(15)2/h7-8,11,13H,3-6,9-10,12H2,1-2H3,(H,19,22). The Hall–Kier alpha value is -2.13. The first-order valence-corrected chi connectivity index (χ1v) is 10.7. The average Bonchev–Trinajstić information content (AvgIpc) is 2.95. The van der Waals surface area contributed by atoms with Gasteiger partial charge >= 0.3 is 5.76 Å². The molecule has 1 N–H and O–H groups in total. The molecular formula is C18H25N3O5S. The van der Waals surface area contributed by atoms with Crippen molar-refractivity contribution in [3.8, 4) is 0 Å². The quantitative estimate of drug-likeness (QED) is 0.746. The number of hydrogen-bond acceptors (Lipinski definition) is 5. The van der Waals surface area contributed by atoms with Crippen LogP contribution in [0.1, 0.15) is 32.6 Å². The monoisotopic (exact) mass is 395 g/mol. The normalized spacial score (nSPS) is 18.7. The third kappa shape index (κ3) is 3.93. The van der Waals surface area contributed by atoms with Gasteiger partial charge in [0.1, 0.15) is 0 Å². The first-order valence-electron chi connectivity index (χ1n) is 9.22. The number of nitrogens with zero attached hydrogens (tertiary/aromatic N) is 2. The van der Waals surface area contributed by atoms with Crippen LogP contribution < -0.4 is 11.1 Å². The molecule has 9 heteroatoms. The van der Waals surface area contributed by atoms with Crippen LogP contribution in [0.4, 0.5) is 0 Å². The lowest BCUT2D eigenvalue weighted by Crippen LogP contribution is -2.45. The summed E-state index contributed by atoms with van der Waals surface area (Å²) < 4.78 is 33.8. The van der Waals surface area contributed by atoms with Crippen LogP contribution in [0.3, 0.4) is 0 Å². The van der Waals surface area contributed by atoms with Gasteiger partial charge in [-0.1, -0.05) is 13.3 Å². The molecule has 1 aromatic heterocycles. The Labute approximate surface area is 158 Å². The van der Waals surface area contributed by atoms with Gasteiger partial charge < -0.3 is 9.73 Å². The fraction of sp³-hybridized carbons (Fsp3) is 0.556. The molecule has 0 spiro atoms. The van der Waals surface area contributed by atoms with E-state index in [4.69, 9.17) is 4.42 Å². The second-order valence-electron chi connectivity index (χ2n) is 6.90. The average molecular weight is 395 g/mol. The number of fused-ring (bicyclic) bond motifs is 1. The van der Waals surface area contributed by atoms with Gasteiger partial charge in [-0.2, -0.15) is 4.31 Å². The zero-order valence-electron chi connectivity index (χ0n) is 15.6. The SMILES string of the molecule is CCCCNC(=O)C1CCCN(S(=O)(=O)c2ccc3c(c2)oc(=O)n3C)C1. The van der Waals surface area contributed by atoms with Crippen molar-refractivity contribution in [1.82, 2.24) is 14.2 Å². The van der Waals surface area contributed by atoms with E-state index in [2.05, 4.69) is 5.32 Å². The first kappa shape index (κ1) is 19.6. The lowest BCUT2D eigenvalue weighted by atomic mass is 9.99. The molecule has 0 aliphatic carbocycles. The molecule has 3 rings (SSSR count). The number of carbonyl (C=O) groups is 1. The maximum absolute atomic E-state index is 13.0. The number of rotatable bonds is 6. The van der Waals surface area contributed by atoms with E-state index in [1.165, 1.54) is 21.0 Å². The van der Waals surface area contributed by atoms with Crippen LogP contribution in [0.5, 0.6) is 0 Å². The van der Waals surface area contributed by atoms with E-state index >= 15 is 0 Å². The van der Waals surface area contributed by atoms with E-state index in [0.717, 1.165) is 12.8 Å². The minimum absolute atomic E-state index is 0.0661. The minimum Gasteiger partial charge on any atom is -0.408 e. The summed E-state index contributed by atoms with van der Waals surface area (Å²) in [5.74, 6) is -0.974. The van der Waals surface area contributed by atoms with Crippen molar-refractivity contribution in [1.29, 1.82) is 0 Å². The van der Waals surface area contributed by atoms with Crippen molar-refractivity contribution in [2.75, 3.05) is 19.6 Å². The Morgan fingerprint density at radius 2 is 2.15 bits per heavy atom. The molecule has 1 aliphatic rings. The first-order chi connectivity index (χ1) is 12.8. The van der Waals surface area contributed by atoms with Crippen molar-refractivity contribution in [2.24, 2.45) is 13.0 Å². The molecule has 27 heavy (non-hydrogen) atoms. The Kier molecular flexibility index (Phi) is 5.71. The summed E-state index contributed by atoms with van der Waals surface area (Å²) in [7, 11) is -2.20. The van der Waals surface area contributed by atoms with Crippen LogP contribution in [0.15, 0.2) is 32.3 Å². The zero-order chi connectivity index (χ0) is 19.6. The summed E-state index contributed by atoms with van der Waals surface area (Å²) in [4.78, 5) is 24.0. The number of benzene rings is 1. The summed E-state index contributed by atoms with van der Waals surface area (Å²) in [6.45, 7) is 3.20. The number of nitrogens with one attached hydrogen (secondary N) is 1. The summed E-state index contributed by atoms with van der Waals surface area (Å²) in [6, 6.07) is 4.40. The highest BCUT2D eigenvalue weighted by molar-refractivity contribution is 7.89. The second kappa shape index (κ2) is 7.85. The summed E-state index contributed by atoms with van der Waals surface area (Å²) in [5, 5.41) is 2.89. The summed E-state index contributed by atoms with van der Waals surface area (Å²) in [6.07, 6.45) is 3.20. The number of amides is 1. The van der Waals surface area contributed by atoms with E-state index < -0.39 is 15.8 Å². The highest BCUT2D eigenvalue weighted by Gasteiger charge is 2.33. The molecular weight excluding hydrogens is 370 g/mol. The molecule has 8 nitrogen and oxygen atoms in total. The molecule has 1 aromatic carbocycles. The predicted octanol–water partition coefficient (Wildman–Crippen LogP) is 1.45. The summed E-state index contributed by atoms with van der Waals surface area (Å²) >= 11 is 0. The predicted molar refractivity (Wildman–Crippen MR) is 101 cm³/mol. The smallest absolute Gasteiger partial charge is 0.408 e. The van der Waals surface area contributed by atoms with E-state index in [-0.39, 0.29) is 28.8 Å².